The van der Waals surface area contributed by atoms with E-state index in [1.807, 2.05) is 31.3 Å². The summed E-state index contributed by atoms with van der Waals surface area (Å²) in [6, 6.07) is 11.5. The molecular weight excluding hydrogens is 253 g/mol. The zero-order chi connectivity index (χ0) is 14.1. The molecule has 2 aromatic carbocycles. The third-order valence-corrected chi connectivity index (χ3v) is 3.64. The van der Waals surface area contributed by atoms with Gasteiger partial charge < -0.3 is 10.1 Å². The van der Waals surface area contributed by atoms with Crippen molar-refractivity contribution in [1.82, 2.24) is 5.32 Å². The van der Waals surface area contributed by atoms with Gasteiger partial charge in [-0.05, 0) is 54.9 Å². The predicted molar refractivity (Wildman–Crippen MR) is 78.4 cm³/mol. The van der Waals surface area contributed by atoms with E-state index in [0.717, 1.165) is 23.3 Å². The maximum absolute atomic E-state index is 13.7. The molecular formula is C17H18FNO. The van der Waals surface area contributed by atoms with E-state index in [0.29, 0.717) is 12.1 Å². The number of benzene rings is 2. The summed E-state index contributed by atoms with van der Waals surface area (Å²) in [4.78, 5) is 0. The van der Waals surface area contributed by atoms with E-state index in [-0.39, 0.29) is 11.9 Å². The highest BCUT2D eigenvalue weighted by Gasteiger charge is 2.19. The largest absolute Gasteiger partial charge is 0.490 e. The highest BCUT2D eigenvalue weighted by Crippen LogP contribution is 2.33. The van der Waals surface area contributed by atoms with E-state index < -0.39 is 0 Å². The Bertz CT molecular complexity index is 630. The number of hydrogen-bond acceptors (Lipinski definition) is 2. The molecule has 1 heterocycles. The average molecular weight is 271 g/mol. The molecule has 104 valence electrons. The van der Waals surface area contributed by atoms with Crippen molar-refractivity contribution in [2.75, 3.05) is 7.05 Å². The van der Waals surface area contributed by atoms with E-state index in [1.54, 1.807) is 0 Å². The fraction of sp³-hybridized carbons (Fsp3) is 0.294. The van der Waals surface area contributed by atoms with Crippen LogP contribution in [0.1, 0.15) is 18.1 Å². The Morgan fingerprint density at radius 2 is 1.95 bits per heavy atom. The van der Waals surface area contributed by atoms with Crippen LogP contribution in [0.5, 0.6) is 5.75 Å². The summed E-state index contributed by atoms with van der Waals surface area (Å²) in [6.45, 7) is 2.60. The van der Waals surface area contributed by atoms with Crippen molar-refractivity contribution in [3.05, 3.63) is 53.3 Å². The second kappa shape index (κ2) is 5.25. The van der Waals surface area contributed by atoms with E-state index in [1.165, 1.54) is 11.6 Å². The molecule has 0 aliphatic carbocycles. The van der Waals surface area contributed by atoms with Crippen LogP contribution in [-0.2, 0) is 13.0 Å². The van der Waals surface area contributed by atoms with Gasteiger partial charge in [-0.25, -0.2) is 4.39 Å². The molecule has 20 heavy (non-hydrogen) atoms. The molecule has 0 bridgehead atoms. The van der Waals surface area contributed by atoms with Gasteiger partial charge in [-0.1, -0.05) is 12.1 Å². The van der Waals surface area contributed by atoms with Crippen molar-refractivity contribution in [3.8, 4) is 16.9 Å². The van der Waals surface area contributed by atoms with Crippen molar-refractivity contribution in [2.45, 2.75) is 26.0 Å². The monoisotopic (exact) mass is 271 g/mol. The van der Waals surface area contributed by atoms with E-state index in [2.05, 4.69) is 18.3 Å². The molecule has 1 aliphatic rings. The molecule has 2 aromatic rings. The third kappa shape index (κ3) is 2.41. The SMILES string of the molecule is CNCc1cc(-c2ccc3c(c2)CC(C)O3)ccc1F. The lowest BCUT2D eigenvalue weighted by molar-refractivity contribution is 0.254. The van der Waals surface area contributed by atoms with E-state index in [9.17, 15) is 4.39 Å². The van der Waals surface area contributed by atoms with Crippen LogP contribution in [0.25, 0.3) is 11.1 Å². The second-order valence-corrected chi connectivity index (χ2v) is 5.29. The van der Waals surface area contributed by atoms with Crippen molar-refractivity contribution >= 4 is 0 Å². The Labute approximate surface area is 118 Å². The standard InChI is InChI=1S/C17H18FNO/c1-11-7-14-8-13(4-6-17(14)20-11)12-3-5-16(18)15(9-12)10-19-2/h3-6,8-9,11,19H,7,10H2,1-2H3. The van der Waals surface area contributed by atoms with Crippen molar-refractivity contribution in [2.24, 2.45) is 0 Å². The number of fused-ring (bicyclic) bond motifs is 1. The molecule has 1 N–H and O–H groups in total. The number of halogens is 1. The van der Waals surface area contributed by atoms with Gasteiger partial charge in [-0.2, -0.15) is 0 Å². The molecule has 0 saturated heterocycles. The van der Waals surface area contributed by atoms with Gasteiger partial charge in [0.1, 0.15) is 17.7 Å². The summed E-state index contributed by atoms with van der Waals surface area (Å²) in [5.41, 5.74) is 4.07. The molecule has 1 aliphatic heterocycles. The Morgan fingerprint density at radius 3 is 2.75 bits per heavy atom. The molecule has 1 unspecified atom stereocenters. The van der Waals surface area contributed by atoms with Gasteiger partial charge in [0.25, 0.3) is 0 Å². The van der Waals surface area contributed by atoms with Crippen molar-refractivity contribution in [3.63, 3.8) is 0 Å². The first-order valence-corrected chi connectivity index (χ1v) is 6.90. The minimum absolute atomic E-state index is 0.166. The van der Waals surface area contributed by atoms with Gasteiger partial charge in [-0.15, -0.1) is 0 Å². The molecule has 0 saturated carbocycles. The lowest BCUT2D eigenvalue weighted by Crippen LogP contribution is -2.07. The quantitative estimate of drug-likeness (QED) is 0.922. The van der Waals surface area contributed by atoms with Crippen LogP contribution in [0, 0.1) is 5.82 Å². The van der Waals surface area contributed by atoms with Crippen LogP contribution >= 0.6 is 0 Å². The first-order valence-electron chi connectivity index (χ1n) is 6.90. The number of hydrogen-bond donors (Lipinski definition) is 1. The molecule has 0 amide bonds. The molecule has 1 atom stereocenters. The predicted octanol–water partition coefficient (Wildman–Crippen LogP) is 3.54. The van der Waals surface area contributed by atoms with Gasteiger partial charge in [-0.3, -0.25) is 0 Å². The van der Waals surface area contributed by atoms with Crippen LogP contribution < -0.4 is 10.1 Å². The zero-order valence-electron chi connectivity index (χ0n) is 11.7. The summed E-state index contributed by atoms with van der Waals surface area (Å²) in [5, 5.41) is 2.99. The lowest BCUT2D eigenvalue weighted by Gasteiger charge is -2.08. The maximum atomic E-state index is 13.7. The minimum atomic E-state index is -0.166. The van der Waals surface area contributed by atoms with Crippen LogP contribution in [0.15, 0.2) is 36.4 Å². The summed E-state index contributed by atoms with van der Waals surface area (Å²) < 4.78 is 19.4. The molecule has 0 spiro atoms. The van der Waals surface area contributed by atoms with Crippen molar-refractivity contribution in [1.29, 1.82) is 0 Å². The van der Waals surface area contributed by atoms with Crippen LogP contribution in [0.2, 0.25) is 0 Å². The normalized spacial score (nSPS) is 16.9. The number of ether oxygens (including phenoxy) is 1. The molecule has 3 heteroatoms. The first-order chi connectivity index (χ1) is 9.67. The Morgan fingerprint density at radius 1 is 1.20 bits per heavy atom. The number of rotatable bonds is 3. The smallest absolute Gasteiger partial charge is 0.127 e. The molecule has 0 aromatic heterocycles. The van der Waals surface area contributed by atoms with Gasteiger partial charge in [0, 0.05) is 18.5 Å². The summed E-state index contributed by atoms with van der Waals surface area (Å²) in [5.74, 6) is 0.806. The topological polar surface area (TPSA) is 21.3 Å². The molecule has 3 rings (SSSR count). The lowest BCUT2D eigenvalue weighted by atomic mass is 9.99. The zero-order valence-corrected chi connectivity index (χ0v) is 11.7. The highest BCUT2D eigenvalue weighted by atomic mass is 19.1. The first kappa shape index (κ1) is 13.1. The Hall–Kier alpha value is -1.87. The van der Waals surface area contributed by atoms with Crippen LogP contribution in [0.3, 0.4) is 0 Å². The Balaban J connectivity index is 1.97. The van der Waals surface area contributed by atoms with Gasteiger partial charge >= 0.3 is 0 Å². The van der Waals surface area contributed by atoms with Gasteiger partial charge in [0.2, 0.25) is 0 Å². The number of nitrogens with one attached hydrogen (secondary N) is 1. The molecule has 0 radical (unpaired) electrons. The second-order valence-electron chi connectivity index (χ2n) is 5.29. The van der Waals surface area contributed by atoms with Gasteiger partial charge in [0.15, 0.2) is 0 Å². The summed E-state index contributed by atoms with van der Waals surface area (Å²) >= 11 is 0. The van der Waals surface area contributed by atoms with E-state index >= 15 is 0 Å². The van der Waals surface area contributed by atoms with Crippen LogP contribution in [0.4, 0.5) is 4.39 Å². The average Bonchev–Trinajstić information content (AvgIpc) is 2.80. The fourth-order valence-electron chi connectivity index (χ4n) is 2.68. The van der Waals surface area contributed by atoms with Crippen molar-refractivity contribution < 1.29 is 9.13 Å². The molecule has 0 fully saturated rings. The third-order valence-electron chi connectivity index (χ3n) is 3.64. The maximum Gasteiger partial charge on any atom is 0.127 e. The van der Waals surface area contributed by atoms with Crippen LogP contribution in [-0.4, -0.2) is 13.2 Å². The molecule has 2 nitrogen and oxygen atoms in total. The Kier molecular flexibility index (Phi) is 3.45. The van der Waals surface area contributed by atoms with Gasteiger partial charge in [0.05, 0.1) is 0 Å². The summed E-state index contributed by atoms with van der Waals surface area (Å²) in [7, 11) is 1.82. The minimum Gasteiger partial charge on any atom is -0.490 e. The van der Waals surface area contributed by atoms with E-state index in [4.69, 9.17) is 4.74 Å². The fourth-order valence-corrected chi connectivity index (χ4v) is 2.68. The summed E-state index contributed by atoms with van der Waals surface area (Å²) in [6.07, 6.45) is 1.18. The highest BCUT2D eigenvalue weighted by molar-refractivity contribution is 5.67.